The number of aryl methyl sites for hydroxylation is 2. The van der Waals surface area contributed by atoms with Gasteiger partial charge in [0.05, 0.1) is 5.56 Å². The molecular weight excluding hydrogens is 419 g/mol. The summed E-state index contributed by atoms with van der Waals surface area (Å²) in [5.74, 6) is -4.25. The van der Waals surface area contributed by atoms with Crippen LogP contribution in [-0.4, -0.2) is 23.6 Å². The number of halogens is 5. The highest BCUT2D eigenvalue weighted by atomic mass is 19.4. The molecule has 1 N–H and O–H groups in total. The zero-order chi connectivity index (χ0) is 22.8. The number of allylic oxidation sites excluding steroid dienone is 1. The van der Waals surface area contributed by atoms with Crippen molar-refractivity contribution in [2.24, 2.45) is 0 Å². The Labute approximate surface area is 176 Å². The van der Waals surface area contributed by atoms with Crippen LogP contribution < -0.4 is 4.74 Å². The van der Waals surface area contributed by atoms with E-state index in [-0.39, 0.29) is 24.3 Å². The van der Waals surface area contributed by atoms with Crippen LogP contribution in [0.2, 0.25) is 0 Å². The lowest BCUT2D eigenvalue weighted by Gasteiger charge is -2.15. The van der Waals surface area contributed by atoms with E-state index in [1.165, 1.54) is 12.1 Å². The monoisotopic (exact) mass is 440 g/mol. The second-order valence-corrected chi connectivity index (χ2v) is 7.66. The highest BCUT2D eigenvalue weighted by Gasteiger charge is 2.40. The Morgan fingerprint density at radius 3 is 2.39 bits per heavy atom. The van der Waals surface area contributed by atoms with Crippen LogP contribution in [0, 0.1) is 6.92 Å². The second kappa shape index (κ2) is 8.69. The second-order valence-electron chi connectivity index (χ2n) is 7.66. The van der Waals surface area contributed by atoms with Crippen LogP contribution >= 0.6 is 0 Å². The first-order chi connectivity index (χ1) is 14.4. The highest BCUT2D eigenvalue weighted by Crippen LogP contribution is 2.44. The maximum atomic E-state index is 14.1. The average Bonchev–Trinajstić information content (AvgIpc) is 2.99. The van der Waals surface area contributed by atoms with Crippen LogP contribution in [0.25, 0.3) is 5.57 Å². The van der Waals surface area contributed by atoms with Gasteiger partial charge in [0, 0.05) is 19.3 Å². The first kappa shape index (κ1) is 22.8. The molecule has 1 aliphatic carbocycles. The van der Waals surface area contributed by atoms with Crippen LogP contribution in [0.15, 0.2) is 48.0 Å². The molecule has 0 unspecified atom stereocenters. The third-order valence-corrected chi connectivity index (χ3v) is 5.14. The predicted octanol–water partition coefficient (Wildman–Crippen LogP) is 6.29. The molecule has 3 rings (SSSR count). The zero-order valence-electron chi connectivity index (χ0n) is 16.7. The summed E-state index contributed by atoms with van der Waals surface area (Å²) in [5.41, 5.74) is 1.26. The van der Waals surface area contributed by atoms with Gasteiger partial charge in [-0.25, -0.2) is 8.78 Å². The molecule has 0 amide bonds. The van der Waals surface area contributed by atoms with Crippen LogP contribution in [-0.2, 0) is 17.4 Å². The average molecular weight is 440 g/mol. The van der Waals surface area contributed by atoms with Crippen molar-refractivity contribution < 1.29 is 36.6 Å². The molecule has 0 spiro atoms. The van der Waals surface area contributed by atoms with Gasteiger partial charge < -0.3 is 9.84 Å². The van der Waals surface area contributed by atoms with Crippen molar-refractivity contribution in [1.82, 2.24) is 0 Å². The molecule has 8 heteroatoms. The van der Waals surface area contributed by atoms with E-state index in [1.54, 1.807) is 12.1 Å². The molecule has 0 aromatic heterocycles. The molecule has 31 heavy (non-hydrogen) atoms. The fraction of sp³-hybridized carbons (Fsp3) is 0.348. The topological polar surface area (TPSA) is 46.5 Å². The lowest BCUT2D eigenvalue weighted by Crippen LogP contribution is -2.13. The van der Waals surface area contributed by atoms with Crippen molar-refractivity contribution in [1.29, 1.82) is 0 Å². The van der Waals surface area contributed by atoms with Gasteiger partial charge in [0.25, 0.3) is 5.92 Å². The van der Waals surface area contributed by atoms with Crippen molar-refractivity contribution in [3.63, 3.8) is 0 Å². The molecule has 166 valence electrons. The number of carboxylic acids is 1. The van der Waals surface area contributed by atoms with Gasteiger partial charge in [0.1, 0.15) is 12.4 Å². The Bertz CT molecular complexity index is 991. The SMILES string of the molecule is Cc1ccc(C2=C(COc3ccc(CCC(=O)O)c(C(F)(F)F)c3)CC(F)(F)C2)cc1. The molecule has 3 nitrogen and oxygen atoms in total. The highest BCUT2D eigenvalue weighted by molar-refractivity contribution is 5.72. The van der Waals surface area contributed by atoms with Crippen LogP contribution in [0.1, 0.15) is 41.5 Å². The summed E-state index contributed by atoms with van der Waals surface area (Å²) < 4.78 is 73.8. The minimum absolute atomic E-state index is 0.114. The van der Waals surface area contributed by atoms with Crippen molar-refractivity contribution >= 4 is 11.5 Å². The number of benzene rings is 2. The summed E-state index contributed by atoms with van der Waals surface area (Å²) in [7, 11) is 0. The van der Waals surface area contributed by atoms with Gasteiger partial charge >= 0.3 is 12.1 Å². The smallest absolute Gasteiger partial charge is 0.416 e. The Morgan fingerprint density at radius 2 is 1.77 bits per heavy atom. The number of rotatable bonds is 7. The number of ether oxygens (including phenoxy) is 1. The third kappa shape index (κ3) is 5.83. The number of aliphatic carboxylic acids is 1. The minimum atomic E-state index is -4.69. The molecule has 1 aliphatic rings. The standard InChI is InChI=1S/C23H21F5O3/c1-14-2-4-15(5-3-14)19-12-22(24,25)11-17(19)13-31-18-8-6-16(7-9-21(29)30)20(10-18)23(26,27)28/h2-6,8,10H,7,9,11-13H2,1H3,(H,29,30). The van der Waals surface area contributed by atoms with Gasteiger partial charge in [-0.2, -0.15) is 13.2 Å². The summed E-state index contributed by atoms with van der Waals surface area (Å²) >= 11 is 0. The zero-order valence-corrected chi connectivity index (χ0v) is 16.7. The van der Waals surface area contributed by atoms with Crippen molar-refractivity contribution in [2.45, 2.75) is 44.7 Å². The first-order valence-corrected chi connectivity index (χ1v) is 9.65. The molecular formula is C23H21F5O3. The molecule has 0 radical (unpaired) electrons. The predicted molar refractivity (Wildman–Crippen MR) is 105 cm³/mol. The number of alkyl halides is 5. The van der Waals surface area contributed by atoms with E-state index in [0.717, 1.165) is 11.6 Å². The van der Waals surface area contributed by atoms with Crippen LogP contribution in [0.3, 0.4) is 0 Å². The summed E-state index contributed by atoms with van der Waals surface area (Å²) in [4.78, 5) is 10.7. The van der Waals surface area contributed by atoms with E-state index < -0.39 is 42.9 Å². The molecule has 0 fully saturated rings. The molecule has 0 aliphatic heterocycles. The van der Waals surface area contributed by atoms with Crippen molar-refractivity contribution in [2.75, 3.05) is 6.61 Å². The molecule has 2 aromatic rings. The summed E-state index contributed by atoms with van der Waals surface area (Å²) in [6.45, 7) is 1.62. The third-order valence-electron chi connectivity index (χ3n) is 5.14. The lowest BCUT2D eigenvalue weighted by atomic mass is 10.0. The summed E-state index contributed by atoms with van der Waals surface area (Å²) in [6, 6.07) is 10.4. The van der Waals surface area contributed by atoms with E-state index in [2.05, 4.69) is 0 Å². The fourth-order valence-corrected chi connectivity index (χ4v) is 3.60. The first-order valence-electron chi connectivity index (χ1n) is 9.65. The quantitative estimate of drug-likeness (QED) is 0.515. The van der Waals surface area contributed by atoms with E-state index >= 15 is 0 Å². The number of carbonyl (C=O) groups is 1. The molecule has 0 saturated carbocycles. The lowest BCUT2D eigenvalue weighted by molar-refractivity contribution is -0.140. The number of hydrogen-bond donors (Lipinski definition) is 1. The Balaban J connectivity index is 1.83. The molecule has 0 atom stereocenters. The minimum Gasteiger partial charge on any atom is -0.489 e. The van der Waals surface area contributed by atoms with Gasteiger partial charge in [-0.05, 0) is 47.8 Å². The largest absolute Gasteiger partial charge is 0.489 e. The van der Waals surface area contributed by atoms with Gasteiger partial charge in [-0.15, -0.1) is 0 Å². The van der Waals surface area contributed by atoms with Gasteiger partial charge in [0.15, 0.2) is 0 Å². The van der Waals surface area contributed by atoms with Crippen molar-refractivity contribution in [3.05, 3.63) is 70.3 Å². The molecule has 0 heterocycles. The molecule has 0 saturated heterocycles. The van der Waals surface area contributed by atoms with Crippen LogP contribution in [0.5, 0.6) is 5.75 Å². The Kier molecular flexibility index (Phi) is 6.38. The maximum Gasteiger partial charge on any atom is 0.416 e. The van der Waals surface area contributed by atoms with E-state index in [0.29, 0.717) is 16.7 Å². The normalized spacial score (nSPS) is 15.9. The van der Waals surface area contributed by atoms with Gasteiger partial charge in [-0.1, -0.05) is 35.9 Å². The van der Waals surface area contributed by atoms with E-state index in [4.69, 9.17) is 9.84 Å². The van der Waals surface area contributed by atoms with Gasteiger partial charge in [-0.3, -0.25) is 4.79 Å². The maximum absolute atomic E-state index is 14.1. The molecule has 2 aromatic carbocycles. The van der Waals surface area contributed by atoms with E-state index in [1.807, 2.05) is 19.1 Å². The van der Waals surface area contributed by atoms with Crippen LogP contribution in [0.4, 0.5) is 22.0 Å². The molecule has 0 bridgehead atoms. The Morgan fingerprint density at radius 1 is 1.10 bits per heavy atom. The number of hydrogen-bond acceptors (Lipinski definition) is 2. The fourth-order valence-electron chi connectivity index (χ4n) is 3.60. The summed E-state index contributed by atoms with van der Waals surface area (Å²) in [6.07, 6.45) is -6.37. The van der Waals surface area contributed by atoms with Gasteiger partial charge in [0.2, 0.25) is 0 Å². The summed E-state index contributed by atoms with van der Waals surface area (Å²) in [5, 5.41) is 8.73. The van der Waals surface area contributed by atoms with E-state index in [9.17, 15) is 26.7 Å². The Hall–Kier alpha value is -2.90. The number of carboxylic acid groups (broad SMARTS) is 1. The van der Waals surface area contributed by atoms with Crippen molar-refractivity contribution in [3.8, 4) is 5.75 Å².